The molecule has 0 saturated carbocycles. The van der Waals surface area contributed by atoms with Crippen LogP contribution in [0.1, 0.15) is 32.4 Å². The average molecular weight is 374 g/mol. The number of aromatic nitrogens is 1. The number of piperazine rings is 1. The molecule has 24 heavy (non-hydrogen) atoms. The molecule has 2 heterocycles. The lowest BCUT2D eigenvalue weighted by atomic mass is 9.81. The summed E-state index contributed by atoms with van der Waals surface area (Å²) in [5, 5.41) is 4.73. The molecule has 1 atom stereocenters. The maximum atomic E-state index is 5.42. The van der Waals surface area contributed by atoms with Crippen molar-refractivity contribution < 1.29 is 4.74 Å². The van der Waals surface area contributed by atoms with Crippen LogP contribution in [0.2, 0.25) is 0 Å². The number of rotatable bonds is 3. The van der Waals surface area contributed by atoms with Gasteiger partial charge in [-0.05, 0) is 29.2 Å². The summed E-state index contributed by atoms with van der Waals surface area (Å²) in [6.07, 6.45) is 2.18. The zero-order valence-electron chi connectivity index (χ0n) is 14.9. The molecular weight excluding hydrogens is 345 g/mol. The zero-order chi connectivity index (χ0) is 15.7. The SMILES string of the molecule is COc1ccc2[nH]cc([C@@H](N3CCNCC3)C(C)(C)C)c2c1.Cl.Cl. The number of benzene rings is 1. The van der Waals surface area contributed by atoms with Crippen molar-refractivity contribution in [2.24, 2.45) is 5.41 Å². The van der Waals surface area contributed by atoms with Gasteiger partial charge in [0.2, 0.25) is 0 Å². The maximum absolute atomic E-state index is 5.42. The summed E-state index contributed by atoms with van der Waals surface area (Å²) in [6, 6.07) is 6.67. The summed E-state index contributed by atoms with van der Waals surface area (Å²) < 4.78 is 5.42. The third kappa shape index (κ3) is 4.17. The lowest BCUT2D eigenvalue weighted by molar-refractivity contribution is 0.0872. The van der Waals surface area contributed by atoms with Crippen molar-refractivity contribution in [2.45, 2.75) is 26.8 Å². The first kappa shape index (κ1) is 21.1. The molecule has 0 unspecified atom stereocenters. The highest BCUT2D eigenvalue weighted by Gasteiger charge is 2.34. The second kappa shape index (κ2) is 8.43. The molecule has 1 aliphatic heterocycles. The van der Waals surface area contributed by atoms with E-state index in [2.05, 4.69) is 54.3 Å². The minimum Gasteiger partial charge on any atom is -0.497 e. The molecule has 3 rings (SSSR count). The van der Waals surface area contributed by atoms with Crippen molar-refractivity contribution in [1.82, 2.24) is 15.2 Å². The van der Waals surface area contributed by atoms with Crippen LogP contribution < -0.4 is 10.1 Å². The molecule has 1 aromatic carbocycles. The van der Waals surface area contributed by atoms with Crippen molar-refractivity contribution in [1.29, 1.82) is 0 Å². The van der Waals surface area contributed by atoms with Gasteiger partial charge in [0.25, 0.3) is 0 Å². The van der Waals surface area contributed by atoms with E-state index in [0.717, 1.165) is 31.9 Å². The first-order valence-corrected chi connectivity index (χ1v) is 8.10. The van der Waals surface area contributed by atoms with Crippen LogP contribution in [0, 0.1) is 5.41 Å². The molecule has 1 aromatic heterocycles. The topological polar surface area (TPSA) is 40.3 Å². The van der Waals surface area contributed by atoms with Gasteiger partial charge in [0, 0.05) is 49.3 Å². The molecule has 0 bridgehead atoms. The van der Waals surface area contributed by atoms with Gasteiger partial charge in [-0.2, -0.15) is 0 Å². The molecule has 0 aliphatic carbocycles. The number of hydrogen-bond donors (Lipinski definition) is 2. The summed E-state index contributed by atoms with van der Waals surface area (Å²) in [5.41, 5.74) is 2.73. The highest BCUT2D eigenvalue weighted by atomic mass is 35.5. The van der Waals surface area contributed by atoms with Crippen molar-refractivity contribution in [3.8, 4) is 5.75 Å². The van der Waals surface area contributed by atoms with E-state index in [9.17, 15) is 0 Å². The van der Waals surface area contributed by atoms with E-state index >= 15 is 0 Å². The van der Waals surface area contributed by atoms with Gasteiger partial charge in [-0.3, -0.25) is 4.90 Å². The van der Waals surface area contributed by atoms with E-state index in [1.807, 2.05) is 6.07 Å². The van der Waals surface area contributed by atoms with Gasteiger partial charge in [0.1, 0.15) is 5.75 Å². The van der Waals surface area contributed by atoms with Crippen molar-refractivity contribution in [3.05, 3.63) is 30.0 Å². The Hall–Kier alpha value is -0.940. The Bertz CT molecular complexity index is 645. The van der Waals surface area contributed by atoms with Crippen molar-refractivity contribution in [3.63, 3.8) is 0 Å². The fourth-order valence-electron chi connectivity index (χ4n) is 3.63. The number of methoxy groups -OCH3 is 1. The third-order valence-corrected chi connectivity index (χ3v) is 4.55. The van der Waals surface area contributed by atoms with Gasteiger partial charge in [-0.1, -0.05) is 20.8 Å². The molecule has 6 heteroatoms. The molecule has 136 valence electrons. The van der Waals surface area contributed by atoms with Gasteiger partial charge in [0.05, 0.1) is 7.11 Å². The fraction of sp³-hybridized carbons (Fsp3) is 0.556. The van der Waals surface area contributed by atoms with Crippen LogP contribution in [-0.2, 0) is 0 Å². The lowest BCUT2D eigenvalue weighted by Crippen LogP contribution is -2.48. The maximum Gasteiger partial charge on any atom is 0.119 e. The Morgan fingerprint density at radius 1 is 1.12 bits per heavy atom. The Kier molecular flexibility index (Phi) is 7.42. The monoisotopic (exact) mass is 373 g/mol. The van der Waals surface area contributed by atoms with Crippen molar-refractivity contribution >= 4 is 35.7 Å². The van der Waals surface area contributed by atoms with E-state index in [0.29, 0.717) is 6.04 Å². The van der Waals surface area contributed by atoms with Gasteiger partial charge in [-0.15, -0.1) is 24.8 Å². The smallest absolute Gasteiger partial charge is 0.119 e. The zero-order valence-corrected chi connectivity index (χ0v) is 16.5. The molecule has 0 amide bonds. The second-order valence-electron chi connectivity index (χ2n) is 7.21. The van der Waals surface area contributed by atoms with Crippen LogP contribution in [0.15, 0.2) is 24.4 Å². The molecular formula is C18H29Cl2N3O. The number of ether oxygens (including phenoxy) is 1. The summed E-state index contributed by atoms with van der Waals surface area (Å²) in [5.74, 6) is 0.918. The van der Waals surface area contributed by atoms with Crippen LogP contribution in [0.5, 0.6) is 5.75 Å². The highest BCUT2D eigenvalue weighted by Crippen LogP contribution is 2.41. The normalized spacial score (nSPS) is 17.0. The molecule has 0 spiro atoms. The van der Waals surface area contributed by atoms with E-state index in [1.165, 1.54) is 16.5 Å². The fourth-order valence-corrected chi connectivity index (χ4v) is 3.63. The van der Waals surface area contributed by atoms with Gasteiger partial charge >= 0.3 is 0 Å². The predicted molar refractivity (Wildman–Crippen MR) is 106 cm³/mol. The minimum absolute atomic E-state index is 0. The first-order valence-electron chi connectivity index (χ1n) is 8.10. The number of hydrogen-bond acceptors (Lipinski definition) is 3. The van der Waals surface area contributed by atoms with E-state index in [-0.39, 0.29) is 30.2 Å². The van der Waals surface area contributed by atoms with Crippen LogP contribution >= 0.6 is 24.8 Å². The van der Waals surface area contributed by atoms with Gasteiger partial charge in [-0.25, -0.2) is 0 Å². The highest BCUT2D eigenvalue weighted by molar-refractivity contribution is 5.86. The second-order valence-corrected chi connectivity index (χ2v) is 7.21. The van der Waals surface area contributed by atoms with E-state index < -0.39 is 0 Å². The summed E-state index contributed by atoms with van der Waals surface area (Å²) in [4.78, 5) is 6.04. The predicted octanol–water partition coefficient (Wildman–Crippen LogP) is 4.01. The number of nitrogens with zero attached hydrogens (tertiary/aromatic N) is 1. The molecule has 4 nitrogen and oxygen atoms in total. The van der Waals surface area contributed by atoms with Gasteiger partial charge in [0.15, 0.2) is 0 Å². The Morgan fingerprint density at radius 3 is 2.38 bits per heavy atom. The number of H-pyrrole nitrogens is 1. The Labute approximate surface area is 157 Å². The van der Waals surface area contributed by atoms with E-state index in [1.54, 1.807) is 7.11 Å². The van der Waals surface area contributed by atoms with E-state index in [4.69, 9.17) is 4.74 Å². The number of fused-ring (bicyclic) bond motifs is 1. The van der Waals surface area contributed by atoms with Crippen LogP contribution in [-0.4, -0.2) is 43.2 Å². The molecule has 1 aliphatic rings. The molecule has 2 aromatic rings. The quantitative estimate of drug-likeness (QED) is 0.853. The molecule has 1 saturated heterocycles. The van der Waals surface area contributed by atoms with Crippen LogP contribution in [0.4, 0.5) is 0 Å². The minimum atomic E-state index is 0. The average Bonchev–Trinajstić information content (AvgIpc) is 2.90. The first-order chi connectivity index (χ1) is 10.5. The molecule has 1 fully saturated rings. The largest absolute Gasteiger partial charge is 0.497 e. The van der Waals surface area contributed by atoms with Crippen LogP contribution in [0.25, 0.3) is 10.9 Å². The summed E-state index contributed by atoms with van der Waals surface area (Å²) >= 11 is 0. The standard InChI is InChI=1S/C18H27N3O.2ClH/c1-18(2,3)17(21-9-7-19-8-10-21)15-12-20-16-6-5-13(22-4)11-14(15)16;;/h5-6,11-12,17,19-20H,7-10H2,1-4H3;2*1H/t17-;;/m1../s1. The third-order valence-electron chi connectivity index (χ3n) is 4.55. The Balaban J connectivity index is 0.00000144. The lowest BCUT2D eigenvalue weighted by Gasteiger charge is -2.42. The molecule has 2 N–H and O–H groups in total. The number of halogens is 2. The molecule has 0 radical (unpaired) electrons. The summed E-state index contributed by atoms with van der Waals surface area (Å²) in [7, 11) is 1.73. The number of nitrogens with one attached hydrogen (secondary N) is 2. The summed E-state index contributed by atoms with van der Waals surface area (Å²) in [6.45, 7) is 11.3. The Morgan fingerprint density at radius 2 is 1.79 bits per heavy atom. The van der Waals surface area contributed by atoms with Crippen molar-refractivity contribution in [2.75, 3.05) is 33.3 Å². The number of aromatic amines is 1. The van der Waals surface area contributed by atoms with Crippen LogP contribution in [0.3, 0.4) is 0 Å². The van der Waals surface area contributed by atoms with Gasteiger partial charge < -0.3 is 15.0 Å².